The fourth-order valence-electron chi connectivity index (χ4n) is 3.21. The lowest BCUT2D eigenvalue weighted by molar-refractivity contribution is -0.268. The van der Waals surface area contributed by atoms with Gasteiger partial charge in [0.25, 0.3) is 0 Å². The van der Waals surface area contributed by atoms with Crippen molar-refractivity contribution >= 4 is 14.3 Å². The predicted octanol–water partition coefficient (Wildman–Crippen LogP) is 4.24. The number of hydrogen-bond donors (Lipinski definition) is 1. The average molecular weight is 439 g/mol. The van der Waals surface area contributed by atoms with Crippen LogP contribution in [0.25, 0.3) is 0 Å². The van der Waals surface area contributed by atoms with Crippen LogP contribution >= 0.6 is 0 Å². The van der Waals surface area contributed by atoms with Gasteiger partial charge < -0.3 is 23.7 Å². The van der Waals surface area contributed by atoms with E-state index in [1.807, 2.05) is 32.0 Å². The van der Waals surface area contributed by atoms with Gasteiger partial charge in [0.2, 0.25) is 0 Å². The van der Waals surface area contributed by atoms with E-state index < -0.39 is 26.8 Å². The largest absolute Gasteiger partial charge is 0.456 e. The summed E-state index contributed by atoms with van der Waals surface area (Å²) in [5.41, 5.74) is 0.514. The van der Waals surface area contributed by atoms with Crippen LogP contribution in [-0.2, 0) is 18.6 Å². The molecule has 1 aliphatic heterocycles. The van der Waals surface area contributed by atoms with Crippen LogP contribution < -0.4 is 0 Å². The number of esters is 1. The maximum Gasteiger partial charge on any atom is 0.338 e. The quantitative estimate of drug-likeness (QED) is 0.483. The first-order chi connectivity index (χ1) is 14.0. The van der Waals surface area contributed by atoms with Gasteiger partial charge in [-0.1, -0.05) is 52.8 Å². The zero-order valence-electron chi connectivity index (χ0n) is 19.4. The molecule has 5 unspecified atom stereocenters. The normalized spacial score (nSPS) is 27.7. The van der Waals surface area contributed by atoms with Crippen molar-refractivity contribution in [3.63, 3.8) is 0 Å². The third-order valence-corrected chi connectivity index (χ3v) is 11.0. The highest BCUT2D eigenvalue weighted by atomic mass is 28.4. The van der Waals surface area contributed by atoms with Crippen LogP contribution in [0.5, 0.6) is 0 Å². The van der Waals surface area contributed by atoms with Crippen molar-refractivity contribution in [2.75, 3.05) is 19.8 Å². The number of benzene rings is 1. The van der Waals surface area contributed by atoms with Gasteiger partial charge in [0.05, 0.1) is 25.4 Å². The van der Waals surface area contributed by atoms with Crippen LogP contribution in [0.2, 0.25) is 18.1 Å². The summed E-state index contributed by atoms with van der Waals surface area (Å²) in [6.07, 6.45) is -1.38. The lowest BCUT2D eigenvalue weighted by atomic mass is 9.84. The molecule has 0 bridgehead atoms. The molecule has 1 aliphatic rings. The first-order valence-electron chi connectivity index (χ1n) is 10.8. The molecule has 1 aromatic carbocycles. The topological polar surface area (TPSA) is 74.2 Å². The van der Waals surface area contributed by atoms with Gasteiger partial charge in [0, 0.05) is 11.8 Å². The number of aliphatic hydroxyl groups excluding tert-OH is 1. The molecule has 5 atom stereocenters. The monoisotopic (exact) mass is 438 g/mol. The first-order valence-corrected chi connectivity index (χ1v) is 13.7. The Kier molecular flexibility index (Phi) is 8.65. The van der Waals surface area contributed by atoms with Gasteiger partial charge in [-0.2, -0.15) is 0 Å². The molecule has 0 spiro atoms. The van der Waals surface area contributed by atoms with Crippen molar-refractivity contribution in [1.82, 2.24) is 0 Å². The van der Waals surface area contributed by atoms with Crippen LogP contribution in [0.4, 0.5) is 0 Å². The van der Waals surface area contributed by atoms with E-state index in [1.54, 1.807) is 12.1 Å². The Balaban J connectivity index is 2.20. The molecular formula is C23H38O6Si. The fraction of sp³-hybridized carbons (Fsp3) is 0.696. The Morgan fingerprint density at radius 2 is 1.77 bits per heavy atom. The van der Waals surface area contributed by atoms with Gasteiger partial charge in [0.15, 0.2) is 14.6 Å². The van der Waals surface area contributed by atoms with E-state index in [-0.39, 0.29) is 36.1 Å². The SMILES string of the molecule is CC1C(OCCO)OC(CO[Si](C)(C)C(C)(C)C)C(OC(=O)c2ccccc2)C1C. The smallest absolute Gasteiger partial charge is 0.338 e. The number of rotatable bonds is 8. The Morgan fingerprint density at radius 3 is 2.33 bits per heavy atom. The second-order valence-electron chi connectivity index (χ2n) is 9.66. The number of carbonyl (C=O) groups excluding carboxylic acids is 1. The standard InChI is InChI=1S/C23H38O6Si/c1-16-17(2)22(26-14-13-24)28-19(15-27-30(6,7)23(3,4)5)20(16)29-21(25)18-11-9-8-10-12-18/h8-12,16-17,19-20,22,24H,13-15H2,1-7H3. The van der Waals surface area contributed by atoms with Gasteiger partial charge in [-0.3, -0.25) is 0 Å². The Morgan fingerprint density at radius 1 is 1.13 bits per heavy atom. The number of aliphatic hydroxyl groups is 1. The van der Waals surface area contributed by atoms with Crippen LogP contribution in [0, 0.1) is 11.8 Å². The molecule has 170 valence electrons. The van der Waals surface area contributed by atoms with Gasteiger partial charge in [-0.15, -0.1) is 0 Å². The zero-order chi connectivity index (χ0) is 22.5. The van der Waals surface area contributed by atoms with Crippen LogP contribution in [0.15, 0.2) is 30.3 Å². The molecule has 1 N–H and O–H groups in total. The number of hydrogen-bond acceptors (Lipinski definition) is 6. The van der Waals surface area contributed by atoms with Gasteiger partial charge in [-0.05, 0) is 30.3 Å². The zero-order valence-corrected chi connectivity index (χ0v) is 20.4. The van der Waals surface area contributed by atoms with E-state index in [4.69, 9.17) is 23.7 Å². The van der Waals surface area contributed by atoms with Crippen molar-refractivity contribution in [1.29, 1.82) is 0 Å². The summed E-state index contributed by atoms with van der Waals surface area (Å²) in [4.78, 5) is 12.8. The summed E-state index contributed by atoms with van der Waals surface area (Å²) >= 11 is 0. The van der Waals surface area contributed by atoms with Crippen LogP contribution in [-0.4, -0.2) is 57.7 Å². The molecule has 1 saturated heterocycles. The molecule has 0 amide bonds. The third kappa shape index (κ3) is 6.14. The maximum atomic E-state index is 12.8. The summed E-state index contributed by atoms with van der Waals surface area (Å²) < 4.78 is 24.3. The number of carbonyl (C=O) groups is 1. The first kappa shape index (κ1) is 25.0. The number of ether oxygens (including phenoxy) is 3. The van der Waals surface area contributed by atoms with Crippen molar-refractivity contribution in [2.45, 2.75) is 71.2 Å². The fourth-order valence-corrected chi connectivity index (χ4v) is 4.22. The lowest BCUT2D eigenvalue weighted by Gasteiger charge is -2.45. The van der Waals surface area contributed by atoms with E-state index in [0.717, 1.165) is 0 Å². The van der Waals surface area contributed by atoms with Crippen molar-refractivity contribution in [2.24, 2.45) is 11.8 Å². The highest BCUT2D eigenvalue weighted by Gasteiger charge is 2.46. The summed E-state index contributed by atoms with van der Waals surface area (Å²) in [6, 6.07) is 8.99. The molecular weight excluding hydrogens is 400 g/mol. The molecule has 1 fully saturated rings. The van der Waals surface area contributed by atoms with Gasteiger partial charge >= 0.3 is 5.97 Å². The van der Waals surface area contributed by atoms with Crippen LogP contribution in [0.1, 0.15) is 45.0 Å². The Hall–Kier alpha value is -1.25. The van der Waals surface area contributed by atoms with E-state index >= 15 is 0 Å². The minimum absolute atomic E-state index is 0.00289. The molecule has 0 radical (unpaired) electrons. The minimum atomic E-state index is -2.01. The van der Waals surface area contributed by atoms with Crippen LogP contribution in [0.3, 0.4) is 0 Å². The Labute approximate surface area is 182 Å². The van der Waals surface area contributed by atoms with E-state index in [1.165, 1.54) is 0 Å². The molecule has 0 aliphatic carbocycles. The molecule has 1 heterocycles. The van der Waals surface area contributed by atoms with Crippen molar-refractivity contribution in [3.8, 4) is 0 Å². The summed E-state index contributed by atoms with van der Waals surface area (Å²) in [7, 11) is -2.01. The Bertz CT molecular complexity index is 672. The third-order valence-electron chi connectivity index (χ3n) is 6.49. The summed E-state index contributed by atoms with van der Waals surface area (Å²) in [5, 5.41) is 9.20. The van der Waals surface area contributed by atoms with Crippen molar-refractivity contribution in [3.05, 3.63) is 35.9 Å². The highest BCUT2D eigenvalue weighted by Crippen LogP contribution is 2.38. The molecule has 7 heteroatoms. The maximum absolute atomic E-state index is 12.8. The van der Waals surface area contributed by atoms with E-state index in [0.29, 0.717) is 12.2 Å². The molecule has 2 rings (SSSR count). The molecule has 30 heavy (non-hydrogen) atoms. The molecule has 0 saturated carbocycles. The van der Waals surface area contributed by atoms with Gasteiger partial charge in [0.1, 0.15) is 12.2 Å². The highest BCUT2D eigenvalue weighted by molar-refractivity contribution is 6.74. The van der Waals surface area contributed by atoms with E-state index in [2.05, 4.69) is 33.9 Å². The van der Waals surface area contributed by atoms with E-state index in [9.17, 15) is 4.79 Å². The lowest BCUT2D eigenvalue weighted by Crippen LogP contribution is -2.55. The minimum Gasteiger partial charge on any atom is -0.456 e. The summed E-state index contributed by atoms with van der Waals surface area (Å²) in [6.45, 7) is 15.5. The molecule has 1 aromatic rings. The average Bonchev–Trinajstić information content (AvgIpc) is 2.69. The second kappa shape index (κ2) is 10.4. The van der Waals surface area contributed by atoms with Crippen molar-refractivity contribution < 1.29 is 28.5 Å². The molecule has 0 aromatic heterocycles. The van der Waals surface area contributed by atoms with Gasteiger partial charge in [-0.25, -0.2) is 4.79 Å². The molecule has 6 nitrogen and oxygen atoms in total. The second-order valence-corrected chi connectivity index (χ2v) is 14.5. The summed E-state index contributed by atoms with van der Waals surface area (Å²) in [5.74, 6) is -0.368. The predicted molar refractivity (Wildman–Crippen MR) is 119 cm³/mol.